The summed E-state index contributed by atoms with van der Waals surface area (Å²) in [5.41, 5.74) is 0.942. The van der Waals surface area contributed by atoms with Crippen LogP contribution in [0.2, 0.25) is 0 Å². The second-order valence-electron chi connectivity index (χ2n) is 5.81. The van der Waals surface area contributed by atoms with Crippen LogP contribution in [0.15, 0.2) is 52.0 Å². The molecule has 1 aliphatic heterocycles. The van der Waals surface area contributed by atoms with Crippen LogP contribution in [0.4, 0.5) is 0 Å². The van der Waals surface area contributed by atoms with Crippen molar-refractivity contribution >= 4 is 26.0 Å². The molecule has 2 heterocycles. The molecule has 5 nitrogen and oxygen atoms in total. The van der Waals surface area contributed by atoms with Crippen molar-refractivity contribution in [2.24, 2.45) is 0 Å². The van der Waals surface area contributed by atoms with Crippen LogP contribution in [0.5, 0.6) is 5.75 Å². The van der Waals surface area contributed by atoms with Gasteiger partial charge in [-0.3, -0.25) is 4.98 Å². The first-order chi connectivity index (χ1) is 11.4. The molecule has 128 valence electrons. The molecule has 0 atom stereocenters. The van der Waals surface area contributed by atoms with Crippen LogP contribution in [-0.4, -0.2) is 36.9 Å². The molecule has 1 saturated heterocycles. The number of sulfonamides is 1. The van der Waals surface area contributed by atoms with E-state index in [2.05, 4.69) is 20.9 Å². The fourth-order valence-electron chi connectivity index (χ4n) is 2.66. The molecule has 1 fully saturated rings. The molecule has 3 rings (SSSR count). The van der Waals surface area contributed by atoms with Crippen LogP contribution in [-0.2, 0) is 10.0 Å². The smallest absolute Gasteiger partial charge is 0.243 e. The minimum Gasteiger partial charge on any atom is -0.489 e. The molecule has 1 aliphatic rings. The van der Waals surface area contributed by atoms with Gasteiger partial charge in [0.15, 0.2) is 0 Å². The summed E-state index contributed by atoms with van der Waals surface area (Å²) in [6.45, 7) is 2.85. The number of hydrogen-bond donors (Lipinski definition) is 0. The minimum atomic E-state index is -3.44. The van der Waals surface area contributed by atoms with Gasteiger partial charge in [-0.2, -0.15) is 4.31 Å². The number of nitrogens with zero attached hydrogens (tertiary/aromatic N) is 2. The number of pyridine rings is 1. The van der Waals surface area contributed by atoms with E-state index in [1.54, 1.807) is 30.5 Å². The third-order valence-corrected chi connectivity index (χ3v) is 6.48. The molecule has 24 heavy (non-hydrogen) atoms. The molecule has 2 aromatic rings. The highest BCUT2D eigenvalue weighted by Gasteiger charge is 2.30. The highest BCUT2D eigenvalue weighted by atomic mass is 79.9. The summed E-state index contributed by atoms with van der Waals surface area (Å²) in [5.74, 6) is 0.731. The Morgan fingerprint density at radius 2 is 1.79 bits per heavy atom. The first kappa shape index (κ1) is 17.4. The van der Waals surface area contributed by atoms with Crippen LogP contribution in [0.25, 0.3) is 0 Å². The fourth-order valence-corrected chi connectivity index (χ4v) is 4.40. The van der Waals surface area contributed by atoms with Gasteiger partial charge in [0.2, 0.25) is 10.0 Å². The van der Waals surface area contributed by atoms with E-state index in [-0.39, 0.29) is 6.10 Å². The Morgan fingerprint density at radius 1 is 1.12 bits per heavy atom. The molecule has 0 amide bonds. The molecule has 0 saturated carbocycles. The number of piperidine rings is 1. The zero-order valence-corrected chi connectivity index (χ0v) is 15.8. The Balaban J connectivity index is 1.62. The number of aryl methyl sites for hydroxylation is 1. The molecule has 0 N–H and O–H groups in total. The zero-order valence-electron chi connectivity index (χ0n) is 13.4. The Kier molecular flexibility index (Phi) is 5.22. The van der Waals surface area contributed by atoms with Crippen molar-refractivity contribution in [3.05, 3.63) is 52.8 Å². The normalized spacial score (nSPS) is 16.9. The van der Waals surface area contributed by atoms with Gasteiger partial charge in [0.25, 0.3) is 0 Å². The summed E-state index contributed by atoms with van der Waals surface area (Å²) in [7, 11) is -3.44. The second-order valence-corrected chi connectivity index (χ2v) is 8.66. The maximum absolute atomic E-state index is 12.7. The lowest BCUT2D eigenvalue weighted by Gasteiger charge is -2.31. The van der Waals surface area contributed by atoms with Gasteiger partial charge in [-0.25, -0.2) is 8.42 Å². The van der Waals surface area contributed by atoms with Crippen molar-refractivity contribution in [3.63, 3.8) is 0 Å². The van der Waals surface area contributed by atoms with Crippen molar-refractivity contribution in [2.75, 3.05) is 13.1 Å². The molecular weight excluding hydrogens is 392 g/mol. The van der Waals surface area contributed by atoms with E-state index in [4.69, 9.17) is 4.74 Å². The zero-order chi connectivity index (χ0) is 17.2. The Hall–Kier alpha value is -1.44. The van der Waals surface area contributed by atoms with E-state index < -0.39 is 10.0 Å². The second kappa shape index (κ2) is 7.21. The van der Waals surface area contributed by atoms with Gasteiger partial charge >= 0.3 is 0 Å². The first-order valence-electron chi connectivity index (χ1n) is 7.80. The number of ether oxygens (including phenoxy) is 1. The maximum atomic E-state index is 12.7. The van der Waals surface area contributed by atoms with Gasteiger partial charge < -0.3 is 4.74 Å². The van der Waals surface area contributed by atoms with Gasteiger partial charge in [-0.1, -0.05) is 15.9 Å². The first-order valence-corrected chi connectivity index (χ1v) is 10.0. The van der Waals surface area contributed by atoms with Crippen molar-refractivity contribution in [1.29, 1.82) is 0 Å². The van der Waals surface area contributed by atoms with E-state index >= 15 is 0 Å². The molecule has 1 aromatic carbocycles. The van der Waals surface area contributed by atoms with Gasteiger partial charge in [-0.05, 0) is 56.2 Å². The number of aromatic nitrogens is 1. The molecule has 0 aliphatic carbocycles. The average Bonchev–Trinajstić information content (AvgIpc) is 2.58. The molecule has 0 spiro atoms. The van der Waals surface area contributed by atoms with Gasteiger partial charge in [0, 0.05) is 23.3 Å². The van der Waals surface area contributed by atoms with Crippen molar-refractivity contribution in [3.8, 4) is 5.75 Å². The lowest BCUT2D eigenvalue weighted by Crippen LogP contribution is -2.41. The quantitative estimate of drug-likeness (QED) is 0.774. The molecular formula is C17H19BrN2O3S. The summed E-state index contributed by atoms with van der Waals surface area (Å²) in [5, 5.41) is 0. The highest BCUT2D eigenvalue weighted by molar-refractivity contribution is 9.10. The lowest BCUT2D eigenvalue weighted by atomic mass is 10.1. The predicted octanol–water partition coefficient (Wildman–Crippen LogP) is 3.38. The summed E-state index contributed by atoms with van der Waals surface area (Å²) in [6.07, 6.45) is 3.07. The number of rotatable bonds is 4. The van der Waals surface area contributed by atoms with Gasteiger partial charge in [0.1, 0.15) is 11.9 Å². The third-order valence-electron chi connectivity index (χ3n) is 4.04. The summed E-state index contributed by atoms with van der Waals surface area (Å²) < 4.78 is 33.6. The molecule has 0 bridgehead atoms. The van der Waals surface area contributed by atoms with Gasteiger partial charge in [-0.15, -0.1) is 0 Å². The fraction of sp³-hybridized carbons (Fsp3) is 0.353. The molecule has 0 unspecified atom stereocenters. The molecule has 0 radical (unpaired) electrons. The van der Waals surface area contributed by atoms with E-state index in [1.165, 1.54) is 4.31 Å². The highest BCUT2D eigenvalue weighted by Crippen LogP contribution is 2.24. The molecule has 7 heteroatoms. The number of hydrogen-bond acceptors (Lipinski definition) is 4. The van der Waals surface area contributed by atoms with Crippen LogP contribution in [0.3, 0.4) is 0 Å². The van der Waals surface area contributed by atoms with E-state index in [0.717, 1.165) is 15.9 Å². The number of benzene rings is 1. The van der Waals surface area contributed by atoms with Crippen LogP contribution >= 0.6 is 15.9 Å². The monoisotopic (exact) mass is 410 g/mol. The van der Waals surface area contributed by atoms with E-state index in [1.807, 2.05) is 19.1 Å². The largest absolute Gasteiger partial charge is 0.489 e. The van der Waals surface area contributed by atoms with Crippen molar-refractivity contribution < 1.29 is 13.2 Å². The number of halogens is 1. The Labute approximate surface area is 150 Å². The topological polar surface area (TPSA) is 59.5 Å². The van der Waals surface area contributed by atoms with Crippen LogP contribution in [0, 0.1) is 6.92 Å². The van der Waals surface area contributed by atoms with Crippen molar-refractivity contribution in [2.45, 2.75) is 30.8 Å². The van der Waals surface area contributed by atoms with E-state index in [9.17, 15) is 8.42 Å². The lowest BCUT2D eigenvalue weighted by molar-refractivity contribution is 0.134. The summed E-state index contributed by atoms with van der Waals surface area (Å²) in [4.78, 5) is 4.54. The minimum absolute atomic E-state index is 0.0193. The Morgan fingerprint density at radius 3 is 2.38 bits per heavy atom. The third kappa shape index (κ3) is 3.96. The maximum Gasteiger partial charge on any atom is 0.243 e. The SMILES string of the molecule is Cc1ccc(OC2CCN(S(=O)(=O)c3ccc(Br)cc3)CC2)cn1. The van der Waals surface area contributed by atoms with Crippen molar-refractivity contribution in [1.82, 2.24) is 9.29 Å². The Bertz CT molecular complexity index is 784. The van der Waals surface area contributed by atoms with E-state index in [0.29, 0.717) is 30.8 Å². The molecule has 1 aromatic heterocycles. The average molecular weight is 411 g/mol. The summed E-state index contributed by atoms with van der Waals surface area (Å²) in [6, 6.07) is 10.5. The standard InChI is InChI=1S/C17H19BrN2O3S/c1-13-2-5-16(12-19-13)23-15-8-10-20(11-9-15)24(21,22)17-6-3-14(18)4-7-17/h2-7,12,15H,8-11H2,1H3. The predicted molar refractivity (Wildman–Crippen MR) is 95.5 cm³/mol. The van der Waals surface area contributed by atoms with Crippen LogP contribution in [0.1, 0.15) is 18.5 Å². The van der Waals surface area contributed by atoms with Gasteiger partial charge in [0.05, 0.1) is 11.1 Å². The summed E-state index contributed by atoms with van der Waals surface area (Å²) >= 11 is 3.32. The van der Waals surface area contributed by atoms with Crippen LogP contribution < -0.4 is 4.74 Å².